The standard InChI is InChI=1S/C15H16FNO3S/c1-9(2)7-17-14(18)8-20-15(19)13-6-10-11(16)4-3-5-12(10)21-13/h3-6,9H,7-8H2,1-2H3,(H,17,18). The highest BCUT2D eigenvalue weighted by atomic mass is 32.1. The van der Waals surface area contributed by atoms with Crippen molar-refractivity contribution < 1.29 is 18.7 Å². The Kier molecular flexibility index (Phi) is 4.90. The topological polar surface area (TPSA) is 55.4 Å². The zero-order valence-electron chi connectivity index (χ0n) is 11.8. The van der Waals surface area contributed by atoms with Crippen LogP contribution in [0.15, 0.2) is 24.3 Å². The quantitative estimate of drug-likeness (QED) is 0.864. The molecule has 0 aliphatic heterocycles. The average Bonchev–Trinajstić information content (AvgIpc) is 2.88. The number of rotatable bonds is 5. The summed E-state index contributed by atoms with van der Waals surface area (Å²) < 4.78 is 19.1. The maximum absolute atomic E-state index is 13.5. The lowest BCUT2D eigenvalue weighted by atomic mass is 10.2. The van der Waals surface area contributed by atoms with E-state index in [1.54, 1.807) is 12.1 Å². The molecule has 2 aromatic rings. The molecule has 112 valence electrons. The summed E-state index contributed by atoms with van der Waals surface area (Å²) in [6, 6.07) is 6.10. The van der Waals surface area contributed by atoms with Crippen molar-refractivity contribution in [2.24, 2.45) is 5.92 Å². The van der Waals surface area contributed by atoms with Crippen molar-refractivity contribution in [1.82, 2.24) is 5.32 Å². The number of fused-ring (bicyclic) bond motifs is 1. The fourth-order valence-corrected chi connectivity index (χ4v) is 2.67. The lowest BCUT2D eigenvalue weighted by Crippen LogP contribution is -2.31. The van der Waals surface area contributed by atoms with Gasteiger partial charge in [-0.15, -0.1) is 11.3 Å². The number of amides is 1. The Morgan fingerprint density at radius 2 is 2.14 bits per heavy atom. The number of hydrogen-bond donors (Lipinski definition) is 1. The predicted molar refractivity (Wildman–Crippen MR) is 79.9 cm³/mol. The molecule has 1 aromatic carbocycles. The number of nitrogens with one attached hydrogen (secondary N) is 1. The van der Waals surface area contributed by atoms with Crippen molar-refractivity contribution in [2.75, 3.05) is 13.2 Å². The molecular formula is C15H16FNO3S. The van der Waals surface area contributed by atoms with Gasteiger partial charge < -0.3 is 10.1 Å². The molecule has 6 heteroatoms. The van der Waals surface area contributed by atoms with E-state index in [1.165, 1.54) is 12.1 Å². The van der Waals surface area contributed by atoms with Crippen molar-refractivity contribution in [2.45, 2.75) is 13.8 Å². The second-order valence-corrected chi connectivity index (χ2v) is 6.12. The van der Waals surface area contributed by atoms with Crippen LogP contribution in [0, 0.1) is 11.7 Å². The third-order valence-electron chi connectivity index (χ3n) is 2.75. The van der Waals surface area contributed by atoms with Gasteiger partial charge in [-0.05, 0) is 24.1 Å². The molecule has 0 atom stereocenters. The second kappa shape index (κ2) is 6.67. The molecule has 4 nitrogen and oxygen atoms in total. The minimum Gasteiger partial charge on any atom is -0.451 e. The molecule has 0 aliphatic carbocycles. The first kappa shape index (κ1) is 15.4. The van der Waals surface area contributed by atoms with E-state index in [1.807, 2.05) is 13.8 Å². The maximum Gasteiger partial charge on any atom is 0.348 e. The summed E-state index contributed by atoms with van der Waals surface area (Å²) in [6.45, 7) is 4.14. The molecule has 0 saturated carbocycles. The normalized spacial score (nSPS) is 10.9. The van der Waals surface area contributed by atoms with E-state index < -0.39 is 5.97 Å². The molecule has 21 heavy (non-hydrogen) atoms. The summed E-state index contributed by atoms with van der Waals surface area (Å²) >= 11 is 1.14. The zero-order chi connectivity index (χ0) is 15.4. The molecular weight excluding hydrogens is 293 g/mol. The van der Waals surface area contributed by atoms with Gasteiger partial charge in [0.15, 0.2) is 6.61 Å². The summed E-state index contributed by atoms with van der Waals surface area (Å²) in [6.07, 6.45) is 0. The highest BCUT2D eigenvalue weighted by Crippen LogP contribution is 2.27. The molecule has 0 fully saturated rings. The van der Waals surface area contributed by atoms with E-state index in [2.05, 4.69) is 5.32 Å². The predicted octanol–water partition coefficient (Wildman–Crippen LogP) is 2.97. The van der Waals surface area contributed by atoms with E-state index in [0.29, 0.717) is 22.5 Å². The van der Waals surface area contributed by atoms with Crippen molar-refractivity contribution in [3.8, 4) is 0 Å². The number of carbonyl (C=O) groups excluding carboxylic acids is 2. The van der Waals surface area contributed by atoms with Crippen LogP contribution in [0.3, 0.4) is 0 Å². The first-order chi connectivity index (χ1) is 9.97. The van der Waals surface area contributed by atoms with E-state index in [0.717, 1.165) is 11.3 Å². The van der Waals surface area contributed by atoms with Crippen molar-refractivity contribution >= 4 is 33.3 Å². The van der Waals surface area contributed by atoms with Crippen LogP contribution in [0.1, 0.15) is 23.5 Å². The molecule has 1 amide bonds. The van der Waals surface area contributed by atoms with Gasteiger partial charge in [0.05, 0.1) is 0 Å². The zero-order valence-corrected chi connectivity index (χ0v) is 12.6. The third-order valence-corrected chi connectivity index (χ3v) is 3.83. The Labute approximate surface area is 125 Å². The number of ether oxygens (including phenoxy) is 1. The van der Waals surface area contributed by atoms with Gasteiger partial charge in [0, 0.05) is 16.6 Å². The smallest absolute Gasteiger partial charge is 0.348 e. The number of hydrogen-bond acceptors (Lipinski definition) is 4. The van der Waals surface area contributed by atoms with Crippen LogP contribution in [0.2, 0.25) is 0 Å². The van der Waals surface area contributed by atoms with Gasteiger partial charge in [0.2, 0.25) is 0 Å². The number of benzene rings is 1. The second-order valence-electron chi connectivity index (χ2n) is 5.04. The molecule has 2 rings (SSSR count). The number of thiophene rings is 1. The number of halogens is 1. The van der Waals surface area contributed by atoms with Crippen LogP contribution in [-0.2, 0) is 9.53 Å². The fraction of sp³-hybridized carbons (Fsp3) is 0.333. The molecule has 0 saturated heterocycles. The van der Waals surface area contributed by atoms with E-state index in [4.69, 9.17) is 4.74 Å². The molecule has 1 N–H and O–H groups in total. The molecule has 1 aromatic heterocycles. The van der Waals surface area contributed by atoms with E-state index in [9.17, 15) is 14.0 Å². The summed E-state index contributed by atoms with van der Waals surface area (Å²) in [5.74, 6) is -1.01. The largest absolute Gasteiger partial charge is 0.451 e. The third kappa shape index (κ3) is 4.01. The van der Waals surface area contributed by atoms with Gasteiger partial charge >= 0.3 is 5.97 Å². The van der Waals surface area contributed by atoms with Crippen LogP contribution >= 0.6 is 11.3 Å². The van der Waals surface area contributed by atoms with Crippen LogP contribution in [0.5, 0.6) is 0 Å². The van der Waals surface area contributed by atoms with Crippen LogP contribution in [0.4, 0.5) is 4.39 Å². The monoisotopic (exact) mass is 309 g/mol. The van der Waals surface area contributed by atoms with E-state index in [-0.39, 0.29) is 23.2 Å². The highest BCUT2D eigenvalue weighted by molar-refractivity contribution is 7.20. The summed E-state index contributed by atoms with van der Waals surface area (Å²) in [4.78, 5) is 23.6. The molecule has 0 bridgehead atoms. The van der Waals surface area contributed by atoms with Crippen molar-refractivity contribution in [1.29, 1.82) is 0 Å². The fourth-order valence-electron chi connectivity index (χ4n) is 1.70. The first-order valence-electron chi connectivity index (χ1n) is 6.59. The summed E-state index contributed by atoms with van der Waals surface area (Å²) in [5, 5.41) is 3.04. The summed E-state index contributed by atoms with van der Waals surface area (Å²) in [5.41, 5.74) is 0. The maximum atomic E-state index is 13.5. The molecule has 0 radical (unpaired) electrons. The number of carbonyl (C=O) groups is 2. The van der Waals surface area contributed by atoms with Crippen LogP contribution in [-0.4, -0.2) is 25.0 Å². The Hall–Kier alpha value is -1.95. The Morgan fingerprint density at radius 1 is 1.38 bits per heavy atom. The minimum atomic E-state index is -0.615. The Morgan fingerprint density at radius 3 is 2.81 bits per heavy atom. The van der Waals surface area contributed by atoms with Gasteiger partial charge in [-0.3, -0.25) is 4.79 Å². The lowest BCUT2D eigenvalue weighted by Gasteiger charge is -2.07. The van der Waals surface area contributed by atoms with E-state index >= 15 is 0 Å². The van der Waals surface area contributed by atoms with Crippen LogP contribution < -0.4 is 5.32 Å². The molecule has 0 spiro atoms. The van der Waals surface area contributed by atoms with Crippen molar-refractivity contribution in [3.63, 3.8) is 0 Å². The Bertz CT molecular complexity index is 666. The SMILES string of the molecule is CC(C)CNC(=O)COC(=O)c1cc2c(F)cccc2s1. The first-order valence-corrected chi connectivity index (χ1v) is 7.41. The van der Waals surface area contributed by atoms with Crippen molar-refractivity contribution in [3.05, 3.63) is 35.0 Å². The lowest BCUT2D eigenvalue weighted by molar-refractivity contribution is -0.124. The molecule has 0 aliphatic rings. The Balaban J connectivity index is 1.96. The van der Waals surface area contributed by atoms with Gasteiger partial charge in [-0.1, -0.05) is 19.9 Å². The summed E-state index contributed by atoms with van der Waals surface area (Å²) in [7, 11) is 0. The van der Waals surface area contributed by atoms with Gasteiger partial charge in [-0.2, -0.15) is 0 Å². The number of esters is 1. The minimum absolute atomic E-state index is 0.284. The average molecular weight is 309 g/mol. The van der Waals surface area contributed by atoms with Crippen LogP contribution in [0.25, 0.3) is 10.1 Å². The van der Waals surface area contributed by atoms with Gasteiger partial charge in [0.1, 0.15) is 10.7 Å². The highest BCUT2D eigenvalue weighted by Gasteiger charge is 2.15. The van der Waals surface area contributed by atoms with Gasteiger partial charge in [-0.25, -0.2) is 9.18 Å². The van der Waals surface area contributed by atoms with Gasteiger partial charge in [0.25, 0.3) is 5.91 Å². The molecule has 1 heterocycles. The molecule has 0 unspecified atom stereocenters.